The maximum absolute atomic E-state index is 5.06. The van der Waals surface area contributed by atoms with Crippen molar-refractivity contribution in [2.45, 2.75) is 0 Å². The number of para-hydroxylation sites is 1. The second-order valence-corrected chi connectivity index (χ2v) is 3.22. The summed E-state index contributed by atoms with van der Waals surface area (Å²) in [6, 6.07) is 8.00. The van der Waals surface area contributed by atoms with Crippen LogP contribution in [0.25, 0.3) is 0 Å². The van der Waals surface area contributed by atoms with Crippen LogP contribution in [0.1, 0.15) is 0 Å². The molecule has 1 rings (SSSR count). The molecular formula is C7H7AtO. The minimum atomic E-state index is 0.981. The van der Waals surface area contributed by atoms with E-state index in [0.717, 1.165) is 5.75 Å². The van der Waals surface area contributed by atoms with Crippen LogP contribution in [0.2, 0.25) is 0 Å². The molecule has 0 aliphatic carbocycles. The van der Waals surface area contributed by atoms with Gasteiger partial charge in [-0.3, -0.25) is 0 Å². The summed E-state index contributed by atoms with van der Waals surface area (Å²) in [4.78, 5) is 0. The third kappa shape index (κ3) is 1.65. The number of hydrogen-bond donors (Lipinski definition) is 0. The molecule has 0 saturated carbocycles. The topological polar surface area (TPSA) is 9.23 Å². The zero-order valence-corrected chi connectivity index (χ0v) is 8.03. The molecule has 1 aromatic rings. The fraction of sp³-hybridized carbons (Fsp3) is 0.143. The van der Waals surface area contributed by atoms with Crippen LogP contribution in [0, 0.1) is 24.7 Å². The summed E-state index contributed by atoms with van der Waals surface area (Å²) in [6.45, 7) is 0. The molecule has 0 radical (unpaired) electrons. The molecule has 0 heterocycles. The second-order valence-electron chi connectivity index (χ2n) is 1.63. The molecule has 0 fully saturated rings. The van der Waals surface area contributed by atoms with E-state index in [2.05, 4.69) is 6.07 Å². The molecule has 0 N–H and O–H groups in total. The molecule has 0 aliphatic heterocycles. The molecule has 0 atom stereocenters. The van der Waals surface area contributed by atoms with Crippen LogP contribution in [0.4, 0.5) is 0 Å². The third-order valence-electron chi connectivity index (χ3n) is 1.06. The Kier molecular flexibility index (Phi) is 2.47. The van der Waals surface area contributed by atoms with Crippen LogP contribution in [0.3, 0.4) is 0 Å². The molecular weight excluding hydrogens is 310 g/mol. The Morgan fingerprint density at radius 2 is 2.00 bits per heavy atom. The van der Waals surface area contributed by atoms with Gasteiger partial charge in [-0.05, 0) is 0 Å². The van der Waals surface area contributed by atoms with Crippen LogP contribution in [0.15, 0.2) is 24.3 Å². The summed E-state index contributed by atoms with van der Waals surface area (Å²) in [7, 11) is 1.69. The molecule has 0 bridgehead atoms. The summed E-state index contributed by atoms with van der Waals surface area (Å²) < 4.78 is 6.29. The van der Waals surface area contributed by atoms with E-state index >= 15 is 0 Å². The predicted molar refractivity (Wildman–Crippen MR) is 32.6 cm³/mol. The molecule has 48 valence electrons. The fourth-order valence-electron chi connectivity index (χ4n) is 0.610. The zero-order chi connectivity index (χ0) is 6.69. The van der Waals surface area contributed by atoms with Crippen molar-refractivity contribution in [3.05, 3.63) is 24.3 Å². The maximum atomic E-state index is 5.06. The van der Waals surface area contributed by atoms with Gasteiger partial charge in [0.2, 0.25) is 0 Å². The Labute approximate surface area is 69.9 Å². The first-order valence-electron chi connectivity index (χ1n) is 2.63. The predicted octanol–water partition coefficient (Wildman–Crippen LogP) is 0.870. The van der Waals surface area contributed by atoms with Gasteiger partial charge in [-0.2, -0.15) is 0 Å². The van der Waals surface area contributed by atoms with E-state index in [1.54, 1.807) is 31.8 Å². The first kappa shape index (κ1) is 7.02. The molecule has 0 aromatic heterocycles. The number of methoxy groups -OCH3 is 1. The number of rotatable bonds is 1. The summed E-state index contributed by atoms with van der Waals surface area (Å²) in [5.41, 5.74) is 0. The standard InChI is InChI=1S/C7H7AtO/c1-9-7-5-3-2-4-6(7)8/h2-5H,1H3. The van der Waals surface area contributed by atoms with E-state index in [4.69, 9.17) is 4.74 Å². The Morgan fingerprint density at radius 1 is 1.33 bits per heavy atom. The Balaban J connectivity index is 3.01. The van der Waals surface area contributed by atoms with E-state index in [0.29, 0.717) is 0 Å². The van der Waals surface area contributed by atoms with Gasteiger partial charge in [-0.15, -0.1) is 0 Å². The van der Waals surface area contributed by atoms with Crippen LogP contribution >= 0.6 is 0 Å². The minimum absolute atomic E-state index is 0.981. The molecule has 0 unspecified atom stereocenters. The van der Waals surface area contributed by atoms with Gasteiger partial charge in [-0.25, -0.2) is 0 Å². The van der Waals surface area contributed by atoms with E-state index < -0.39 is 0 Å². The molecule has 0 spiro atoms. The molecule has 9 heavy (non-hydrogen) atoms. The van der Waals surface area contributed by atoms with Gasteiger partial charge >= 0.3 is 69.9 Å². The average molecular weight is 317 g/mol. The van der Waals surface area contributed by atoms with Gasteiger partial charge in [0, 0.05) is 0 Å². The van der Waals surface area contributed by atoms with Gasteiger partial charge in [0.05, 0.1) is 0 Å². The van der Waals surface area contributed by atoms with Crippen molar-refractivity contribution in [2.24, 2.45) is 0 Å². The van der Waals surface area contributed by atoms with Crippen molar-refractivity contribution in [3.63, 3.8) is 0 Å². The zero-order valence-electron chi connectivity index (χ0n) is 5.10. The third-order valence-corrected chi connectivity index (χ3v) is 2.27. The number of hydrogen-bond acceptors (Lipinski definition) is 1. The van der Waals surface area contributed by atoms with E-state index in [1.165, 1.54) is 3.27 Å². The van der Waals surface area contributed by atoms with Crippen molar-refractivity contribution in [3.8, 4) is 5.75 Å². The van der Waals surface area contributed by atoms with Crippen molar-refractivity contribution in [1.82, 2.24) is 0 Å². The first-order valence-corrected chi connectivity index (χ1v) is 4.10. The van der Waals surface area contributed by atoms with Gasteiger partial charge in [0.15, 0.2) is 0 Å². The Hall–Kier alpha value is -0.0969. The molecule has 0 saturated heterocycles. The van der Waals surface area contributed by atoms with E-state index in [9.17, 15) is 0 Å². The monoisotopic (exact) mass is 317 g/mol. The van der Waals surface area contributed by atoms with E-state index in [-0.39, 0.29) is 0 Å². The van der Waals surface area contributed by atoms with Gasteiger partial charge in [0.25, 0.3) is 0 Å². The SMILES string of the molecule is COc1ccccc1[At]. The summed E-state index contributed by atoms with van der Waals surface area (Å²) in [5, 5.41) is 0. The molecule has 1 aromatic carbocycles. The van der Waals surface area contributed by atoms with Crippen LogP contribution in [-0.4, -0.2) is 7.11 Å². The number of benzene rings is 1. The molecule has 2 heteroatoms. The number of ether oxygens (including phenoxy) is 1. The van der Waals surface area contributed by atoms with Gasteiger partial charge in [-0.1, -0.05) is 0 Å². The van der Waals surface area contributed by atoms with Crippen LogP contribution < -0.4 is 8.01 Å². The Morgan fingerprint density at radius 3 is 2.44 bits per heavy atom. The van der Waals surface area contributed by atoms with Crippen molar-refractivity contribution < 1.29 is 29.5 Å². The average Bonchev–Trinajstić information content (AvgIpc) is 1.89. The van der Waals surface area contributed by atoms with Crippen LogP contribution in [-0.2, 0) is 0 Å². The molecule has 1 nitrogen and oxygen atoms in total. The quantitative estimate of drug-likeness (QED) is 0.747. The molecule has 0 amide bonds. The summed E-state index contributed by atoms with van der Waals surface area (Å²) in [5.74, 6) is 0.981. The second kappa shape index (κ2) is 3.17. The van der Waals surface area contributed by atoms with Gasteiger partial charge in [0.1, 0.15) is 0 Å². The van der Waals surface area contributed by atoms with Gasteiger partial charge < -0.3 is 0 Å². The van der Waals surface area contributed by atoms with E-state index in [1.807, 2.05) is 18.2 Å². The first-order chi connectivity index (χ1) is 4.34. The van der Waals surface area contributed by atoms with Crippen LogP contribution in [0.5, 0.6) is 5.75 Å². The normalized spacial score (nSPS) is 9.11. The Bertz CT molecular complexity index is 198. The van der Waals surface area contributed by atoms with Crippen molar-refractivity contribution in [1.29, 1.82) is 0 Å². The van der Waals surface area contributed by atoms with Crippen molar-refractivity contribution >= 4 is 3.27 Å². The molecule has 0 aliphatic rings. The summed E-state index contributed by atoms with van der Waals surface area (Å²) >= 11 is 1.64. The van der Waals surface area contributed by atoms with Crippen molar-refractivity contribution in [2.75, 3.05) is 7.11 Å². The summed E-state index contributed by atoms with van der Waals surface area (Å²) in [6.07, 6.45) is 0. The fourth-order valence-corrected chi connectivity index (χ4v) is 1.44.